The molecule has 314 valence electrons. The second kappa shape index (κ2) is 33.3. The maximum atomic E-state index is 12.3. The molecular weight excluding hydrogens is 1240 g/mol. The molecule has 0 radical (unpaired) electrons. The molecule has 0 spiro atoms. The quantitative estimate of drug-likeness (QED) is 0.165. The van der Waals surface area contributed by atoms with Gasteiger partial charge in [-0.3, -0.25) is 19.4 Å². The molecule has 0 N–H and O–H groups in total. The van der Waals surface area contributed by atoms with Gasteiger partial charge in [0.25, 0.3) is 0 Å². The minimum atomic E-state index is 0. The van der Waals surface area contributed by atoms with E-state index in [1.165, 1.54) is 75.3 Å². The van der Waals surface area contributed by atoms with E-state index in [-0.39, 0.29) is 44.3 Å². The summed E-state index contributed by atoms with van der Waals surface area (Å²) >= 11 is 9.48. The molecule has 6 rings (SSSR count). The Morgan fingerprint density at radius 3 is 1.40 bits per heavy atom. The third kappa shape index (κ3) is 20.4. The number of nitrogens with zero attached hydrogens (tertiary/aromatic N) is 4. The molecule has 2 aliphatic heterocycles. The molecule has 0 amide bonds. The molecule has 2 aromatic carbocycles. The van der Waals surface area contributed by atoms with Crippen molar-refractivity contribution in [3.05, 3.63) is 71.8 Å². The van der Waals surface area contributed by atoms with Gasteiger partial charge in [-0.25, -0.2) is 4.58 Å². The van der Waals surface area contributed by atoms with E-state index in [1.54, 1.807) is 4.58 Å². The first-order valence-electron chi connectivity index (χ1n) is 18.6. The van der Waals surface area contributed by atoms with Crippen molar-refractivity contribution in [1.82, 2.24) is 14.7 Å². The van der Waals surface area contributed by atoms with Crippen LogP contribution in [0.3, 0.4) is 0 Å². The molecule has 0 aromatic heterocycles. The number of rotatable bonds is 6. The van der Waals surface area contributed by atoms with Crippen molar-refractivity contribution in [1.29, 1.82) is 0 Å². The Morgan fingerprint density at radius 1 is 0.691 bits per heavy atom. The first kappa shape index (κ1) is 58.8. The molecule has 6 nitrogen and oxygen atoms in total. The number of carbonyl (C=O) groups excluding carboxylic acids is 2. The van der Waals surface area contributed by atoms with Crippen LogP contribution < -0.4 is 12.4 Å². The molecule has 1 atom stereocenters. The molecule has 13 heteroatoms. The number of Topliss-reactive ketones (excluding diaryl/α,β-unsaturated/α-hetero) is 2. The van der Waals surface area contributed by atoms with E-state index in [9.17, 15) is 9.59 Å². The van der Waals surface area contributed by atoms with Crippen molar-refractivity contribution in [2.45, 2.75) is 109 Å². The standard InChI is InChI=1S/C20H30N2O.C17H23NO.C3H8N.2CH4.ClH.4HI.2V/c1-21(2)15-17-16-22(14-11-19(17)23)20(12-7-4-8-13-20)18-9-5-3-6-10-18;19-16-9-13-18(14-10-16)17(11-5-2-6-12-17)15-7-3-1-4-8-15;1-4(2)3;;;;;;;;;/h3,5-6,9-10,17H,4,7-8,11-16H2,1-2H3;1,3-4,7-8H,2,5-6,9-14H2;1H2,2-3H3;2*1H4;5*1H;;/q;;+1;;;;;;;;2*+2/p-5. The summed E-state index contributed by atoms with van der Waals surface area (Å²) in [5.41, 5.74) is 3.28. The Labute approximate surface area is 401 Å². The third-order valence-electron chi connectivity index (χ3n) is 10.6. The van der Waals surface area contributed by atoms with E-state index in [0.29, 0.717) is 36.9 Å². The van der Waals surface area contributed by atoms with Gasteiger partial charge in [0, 0.05) is 69.0 Å². The van der Waals surface area contributed by atoms with Gasteiger partial charge in [0.1, 0.15) is 32.4 Å². The van der Waals surface area contributed by atoms with Crippen molar-refractivity contribution in [3.8, 4) is 0 Å². The van der Waals surface area contributed by atoms with E-state index in [1.807, 2.05) is 14.1 Å². The first-order valence-corrected chi connectivity index (χ1v) is 36.6. The van der Waals surface area contributed by atoms with E-state index >= 15 is 0 Å². The van der Waals surface area contributed by atoms with Crippen LogP contribution >= 0.6 is 79.9 Å². The van der Waals surface area contributed by atoms with E-state index < -0.39 is 0 Å². The summed E-state index contributed by atoms with van der Waals surface area (Å²) in [6, 6.07) is 22.0. The zero-order chi connectivity index (χ0) is 38.4. The summed E-state index contributed by atoms with van der Waals surface area (Å²) in [7, 11) is 9.17. The summed E-state index contributed by atoms with van der Waals surface area (Å²) in [6.07, 6.45) is 15.1. The summed E-state index contributed by atoms with van der Waals surface area (Å²) < 4.78 is 1.75. The van der Waals surface area contributed by atoms with Crippen LogP contribution in [0, 0.1) is 5.92 Å². The van der Waals surface area contributed by atoms with E-state index in [2.05, 4.69) is 176 Å². The summed E-state index contributed by atoms with van der Waals surface area (Å²) in [5.74, 6) is 1.06. The van der Waals surface area contributed by atoms with Crippen LogP contribution in [-0.2, 0) is 39.6 Å². The second-order valence-corrected chi connectivity index (χ2v) is 38.4. The summed E-state index contributed by atoms with van der Waals surface area (Å²) in [6.45, 7) is 8.10. The Morgan fingerprint density at radius 2 is 1.04 bits per heavy atom. The average Bonchev–Trinajstić information content (AvgIpc) is 3.15. The van der Waals surface area contributed by atoms with Crippen LogP contribution in [0.25, 0.3) is 0 Å². The Bertz CT molecular complexity index is 1290. The van der Waals surface area contributed by atoms with E-state index in [4.69, 9.17) is 0 Å². The number of piperidine rings is 2. The maximum absolute atomic E-state index is 12.3. The molecule has 2 heterocycles. The predicted molar refractivity (Wildman–Crippen MR) is 260 cm³/mol. The van der Waals surface area contributed by atoms with Crippen LogP contribution in [0.5, 0.6) is 0 Å². The van der Waals surface area contributed by atoms with Crippen molar-refractivity contribution in [2.24, 2.45) is 5.92 Å². The van der Waals surface area contributed by atoms with Crippen LogP contribution in [0.15, 0.2) is 60.7 Å². The Kier molecular flexibility index (Phi) is 35.7. The van der Waals surface area contributed by atoms with Crippen molar-refractivity contribution in [3.63, 3.8) is 0 Å². The normalized spacial score (nSPS) is 20.1. The first-order chi connectivity index (χ1) is 25.0. The topological polar surface area (TPSA) is 46.9 Å². The molecule has 4 fully saturated rings. The fourth-order valence-corrected chi connectivity index (χ4v) is 8.43. The fourth-order valence-electron chi connectivity index (χ4n) is 8.43. The van der Waals surface area contributed by atoms with Gasteiger partial charge in [-0.15, -0.1) is 0 Å². The molecule has 2 aromatic rings. The number of hydrogen-bond donors (Lipinski definition) is 0. The van der Waals surface area contributed by atoms with Gasteiger partial charge >= 0.3 is 98.8 Å². The Hall–Kier alpha value is 1.71. The number of hydrogen-bond acceptors (Lipinski definition) is 5. The molecule has 2 saturated heterocycles. The van der Waals surface area contributed by atoms with Gasteiger partial charge in [-0.1, -0.05) is 114 Å². The van der Waals surface area contributed by atoms with Crippen molar-refractivity contribution in [2.75, 3.05) is 60.9 Å². The van der Waals surface area contributed by atoms with Gasteiger partial charge in [0.15, 0.2) is 0 Å². The second-order valence-electron chi connectivity index (χ2n) is 14.8. The van der Waals surface area contributed by atoms with E-state index in [0.717, 1.165) is 45.6 Å². The fraction of sp³-hybridized carbons (Fsp3) is 0.643. The Balaban J connectivity index is 0. The number of likely N-dealkylation sites (tertiary alicyclic amines) is 2. The molecule has 2 aliphatic carbocycles. The molecule has 1 unspecified atom stereocenters. The summed E-state index contributed by atoms with van der Waals surface area (Å²) in [4.78, 5) is 31.3. The molecule has 0 bridgehead atoms. The third-order valence-corrected chi connectivity index (χ3v) is 10.6. The molecule has 4 aliphatic rings. The predicted octanol–water partition coefficient (Wildman–Crippen LogP) is 8.58. The van der Waals surface area contributed by atoms with Crippen LogP contribution in [0.2, 0.25) is 0 Å². The van der Waals surface area contributed by atoms with Crippen molar-refractivity contribution < 1.29 is 45.5 Å². The summed E-state index contributed by atoms with van der Waals surface area (Å²) in [5, 5.41) is 0. The zero-order valence-electron chi connectivity index (χ0n) is 32.2. The minimum absolute atomic E-state index is 0. The van der Waals surface area contributed by atoms with Gasteiger partial charge in [-0.05, 0) is 50.9 Å². The monoisotopic (exact) mass is 1310 g/mol. The molecular formula is C42H69ClI4N4O2V2. The molecule has 2 saturated carbocycles. The zero-order valence-corrected chi connectivity index (χ0v) is 44.4. The number of benzene rings is 2. The van der Waals surface area contributed by atoms with Crippen molar-refractivity contribution >= 4 is 98.2 Å². The number of carbonyl (C=O) groups is 2. The SMILES string of the molecule is C.C.C=[N+](C)C.CN(C)CC1CN(C2(c3ccccc3)CCCCC2)CCC1=O.O=C1CCN(C2(c3ccccc3)CCCCC2)CC1.[Cl-].[I][V][I].[I][V][I]. The number of halogens is 5. The van der Waals surface area contributed by atoms with Gasteiger partial charge in [0.05, 0.1) is 0 Å². The number of ketones is 2. The van der Waals surface area contributed by atoms with Crippen LogP contribution in [0.4, 0.5) is 0 Å². The molecule has 55 heavy (non-hydrogen) atoms. The van der Waals surface area contributed by atoms with Gasteiger partial charge in [0.2, 0.25) is 0 Å². The average molecular weight is 1310 g/mol. The van der Waals surface area contributed by atoms with Gasteiger partial charge < -0.3 is 17.3 Å². The van der Waals surface area contributed by atoms with Gasteiger partial charge in [-0.2, -0.15) is 0 Å². The van der Waals surface area contributed by atoms with Crippen LogP contribution in [-0.4, -0.2) is 98.5 Å². The van der Waals surface area contributed by atoms with Crippen LogP contribution in [0.1, 0.15) is 109 Å².